The molecule has 0 unspecified atom stereocenters. The van der Waals surface area contributed by atoms with Gasteiger partial charge in [0.15, 0.2) is 0 Å². The molecule has 0 amide bonds. The molecule has 0 aromatic heterocycles. The Bertz CT molecular complexity index is 520. The molecule has 0 fully saturated rings. The van der Waals surface area contributed by atoms with Crippen LogP contribution in [0.2, 0.25) is 0 Å². The molecule has 0 N–H and O–H groups in total. The fraction of sp³-hybridized carbons (Fsp3) is 0.588. The molecule has 2 rings (SSSR count). The fourth-order valence-electron chi connectivity index (χ4n) is 3.73. The molecule has 0 saturated heterocycles. The van der Waals surface area contributed by atoms with Crippen molar-refractivity contribution in [2.45, 2.75) is 58.5 Å². The molecule has 20 heavy (non-hydrogen) atoms. The highest BCUT2D eigenvalue weighted by Crippen LogP contribution is 2.49. The molecule has 1 heterocycles. The Labute approximate surface area is 121 Å². The molecule has 0 aliphatic carbocycles. The summed E-state index contributed by atoms with van der Waals surface area (Å²) in [4.78, 5) is 13.6. The van der Waals surface area contributed by atoms with E-state index in [9.17, 15) is 4.79 Å². The van der Waals surface area contributed by atoms with Crippen LogP contribution in [0.1, 0.15) is 62.9 Å². The fourth-order valence-corrected chi connectivity index (χ4v) is 3.73. The highest BCUT2D eigenvalue weighted by molar-refractivity contribution is 5.81. The maximum absolute atomic E-state index is 11.1. The number of aldehydes is 1. The van der Waals surface area contributed by atoms with Crippen molar-refractivity contribution in [2.75, 3.05) is 12.0 Å². The van der Waals surface area contributed by atoms with Gasteiger partial charge < -0.3 is 9.64 Å². The predicted molar refractivity (Wildman–Crippen MR) is 83.1 cm³/mol. The van der Waals surface area contributed by atoms with Crippen LogP contribution < -0.4 is 9.64 Å². The molecule has 1 aromatic rings. The molecule has 1 atom stereocenters. The van der Waals surface area contributed by atoms with Gasteiger partial charge in [0.1, 0.15) is 12.0 Å². The molecule has 3 nitrogen and oxygen atoms in total. The van der Waals surface area contributed by atoms with Gasteiger partial charge >= 0.3 is 0 Å². The quantitative estimate of drug-likeness (QED) is 0.781. The van der Waals surface area contributed by atoms with E-state index in [0.29, 0.717) is 17.5 Å². The van der Waals surface area contributed by atoms with Gasteiger partial charge in [0.2, 0.25) is 0 Å². The van der Waals surface area contributed by atoms with E-state index in [1.807, 2.05) is 12.1 Å². The van der Waals surface area contributed by atoms with Gasteiger partial charge in [-0.25, -0.2) is 0 Å². The number of ether oxygens (including phenoxy) is 1. The smallest absolute Gasteiger partial charge is 0.150 e. The Kier molecular flexibility index (Phi) is 3.81. The minimum Gasteiger partial charge on any atom is -0.495 e. The lowest BCUT2D eigenvalue weighted by molar-refractivity contribution is 0.112. The summed E-state index contributed by atoms with van der Waals surface area (Å²) in [5.41, 5.74) is 3.14. The minimum absolute atomic E-state index is 0.0799. The number of benzene rings is 1. The lowest BCUT2D eigenvalue weighted by Gasteiger charge is -2.50. The van der Waals surface area contributed by atoms with Crippen LogP contribution >= 0.6 is 0 Å². The third-order valence-electron chi connectivity index (χ3n) is 4.23. The second-order valence-corrected chi connectivity index (χ2v) is 6.66. The number of carbonyl (C=O) groups is 1. The Hall–Kier alpha value is -1.51. The average molecular weight is 275 g/mol. The SMILES string of the molecule is COc1cc(C=O)cc2c1N(C(C)C)C(C)(C)C[C@@H]2C. The summed E-state index contributed by atoms with van der Waals surface area (Å²) >= 11 is 0. The first-order valence-corrected chi connectivity index (χ1v) is 7.28. The van der Waals surface area contributed by atoms with E-state index in [0.717, 1.165) is 24.1 Å². The van der Waals surface area contributed by atoms with Crippen molar-refractivity contribution in [2.24, 2.45) is 0 Å². The third-order valence-corrected chi connectivity index (χ3v) is 4.23. The lowest BCUT2D eigenvalue weighted by Crippen LogP contribution is -2.52. The number of nitrogens with zero attached hydrogens (tertiary/aromatic N) is 1. The first kappa shape index (κ1) is 14.9. The Morgan fingerprint density at radius 3 is 2.55 bits per heavy atom. The van der Waals surface area contributed by atoms with Gasteiger partial charge in [-0.2, -0.15) is 0 Å². The summed E-state index contributed by atoms with van der Waals surface area (Å²) in [7, 11) is 1.68. The van der Waals surface area contributed by atoms with E-state index in [-0.39, 0.29) is 5.54 Å². The zero-order valence-electron chi connectivity index (χ0n) is 13.4. The Morgan fingerprint density at radius 1 is 1.40 bits per heavy atom. The highest BCUT2D eigenvalue weighted by Gasteiger charge is 2.39. The van der Waals surface area contributed by atoms with Crippen LogP contribution in [-0.2, 0) is 0 Å². The van der Waals surface area contributed by atoms with Crippen LogP contribution in [0.25, 0.3) is 0 Å². The molecule has 1 aromatic carbocycles. The summed E-state index contributed by atoms with van der Waals surface area (Å²) in [6, 6.07) is 4.24. The zero-order valence-corrected chi connectivity index (χ0v) is 13.4. The Balaban J connectivity index is 2.72. The molecule has 0 bridgehead atoms. The van der Waals surface area contributed by atoms with Crippen LogP contribution in [0.3, 0.4) is 0 Å². The zero-order chi connectivity index (χ0) is 15.1. The number of fused-ring (bicyclic) bond motifs is 1. The second-order valence-electron chi connectivity index (χ2n) is 6.66. The third kappa shape index (κ3) is 2.30. The number of anilines is 1. The van der Waals surface area contributed by atoms with Crippen LogP contribution in [0.15, 0.2) is 12.1 Å². The summed E-state index contributed by atoms with van der Waals surface area (Å²) in [5, 5.41) is 0. The number of hydrogen-bond donors (Lipinski definition) is 0. The number of hydrogen-bond acceptors (Lipinski definition) is 3. The summed E-state index contributed by atoms with van der Waals surface area (Å²) < 4.78 is 5.58. The first-order valence-electron chi connectivity index (χ1n) is 7.28. The van der Waals surface area contributed by atoms with Gasteiger partial charge in [-0.3, -0.25) is 4.79 Å². The molecule has 0 spiro atoms. The van der Waals surface area contributed by atoms with Gasteiger partial charge in [0.25, 0.3) is 0 Å². The highest BCUT2D eigenvalue weighted by atomic mass is 16.5. The normalized spacial score (nSPS) is 20.8. The summed E-state index contributed by atoms with van der Waals surface area (Å²) in [5.74, 6) is 1.22. The van der Waals surface area contributed by atoms with Crippen molar-refractivity contribution < 1.29 is 9.53 Å². The van der Waals surface area contributed by atoms with E-state index in [4.69, 9.17) is 4.74 Å². The van der Waals surface area contributed by atoms with E-state index in [2.05, 4.69) is 39.5 Å². The molecule has 1 aliphatic rings. The number of rotatable bonds is 3. The summed E-state index contributed by atoms with van der Waals surface area (Å²) in [6.07, 6.45) is 1.97. The van der Waals surface area contributed by atoms with Gasteiger partial charge in [-0.1, -0.05) is 6.92 Å². The van der Waals surface area contributed by atoms with E-state index in [1.54, 1.807) is 7.11 Å². The molecular formula is C17H25NO2. The second kappa shape index (κ2) is 5.12. The number of carbonyl (C=O) groups excluding carboxylic acids is 1. The molecule has 3 heteroatoms. The van der Waals surface area contributed by atoms with Crippen LogP contribution in [0.4, 0.5) is 5.69 Å². The van der Waals surface area contributed by atoms with E-state index < -0.39 is 0 Å². The van der Waals surface area contributed by atoms with Crippen LogP contribution in [0, 0.1) is 0 Å². The topological polar surface area (TPSA) is 29.5 Å². The maximum atomic E-state index is 11.1. The standard InChI is InChI=1S/C17H25NO2/c1-11(2)18-16-14(12(3)9-17(18,4)5)7-13(10-19)8-15(16)20-6/h7-8,10-12H,9H2,1-6H3/t12-/m0/s1. The number of methoxy groups -OCH3 is 1. The van der Waals surface area contributed by atoms with Gasteiger partial charge in [0, 0.05) is 17.1 Å². The van der Waals surface area contributed by atoms with Crippen molar-refractivity contribution in [3.63, 3.8) is 0 Å². The monoisotopic (exact) mass is 275 g/mol. The van der Waals surface area contributed by atoms with Gasteiger partial charge in [0.05, 0.1) is 12.8 Å². The van der Waals surface area contributed by atoms with Gasteiger partial charge in [-0.05, 0) is 57.7 Å². The first-order chi connectivity index (χ1) is 9.31. The van der Waals surface area contributed by atoms with Crippen molar-refractivity contribution in [1.82, 2.24) is 0 Å². The van der Waals surface area contributed by atoms with E-state index in [1.165, 1.54) is 5.56 Å². The van der Waals surface area contributed by atoms with Crippen molar-refractivity contribution in [3.8, 4) is 5.75 Å². The minimum atomic E-state index is 0.0799. The lowest BCUT2D eigenvalue weighted by atomic mass is 9.78. The maximum Gasteiger partial charge on any atom is 0.150 e. The molecular weight excluding hydrogens is 250 g/mol. The van der Waals surface area contributed by atoms with Crippen molar-refractivity contribution >= 4 is 12.0 Å². The molecule has 1 aliphatic heterocycles. The average Bonchev–Trinajstić information content (AvgIpc) is 2.36. The van der Waals surface area contributed by atoms with Crippen LogP contribution in [-0.4, -0.2) is 25.0 Å². The Morgan fingerprint density at radius 2 is 2.05 bits per heavy atom. The predicted octanol–water partition coefficient (Wildman–Crippen LogP) is 4.01. The summed E-state index contributed by atoms with van der Waals surface area (Å²) in [6.45, 7) is 11.2. The molecule has 0 saturated carbocycles. The largest absolute Gasteiger partial charge is 0.495 e. The van der Waals surface area contributed by atoms with Crippen molar-refractivity contribution in [3.05, 3.63) is 23.3 Å². The molecule has 0 radical (unpaired) electrons. The van der Waals surface area contributed by atoms with Crippen LogP contribution in [0.5, 0.6) is 5.75 Å². The van der Waals surface area contributed by atoms with Crippen molar-refractivity contribution in [1.29, 1.82) is 0 Å². The van der Waals surface area contributed by atoms with E-state index >= 15 is 0 Å². The van der Waals surface area contributed by atoms with Gasteiger partial charge in [-0.15, -0.1) is 0 Å². The molecule has 110 valence electrons.